The van der Waals surface area contributed by atoms with E-state index in [1.165, 1.54) is 5.56 Å². The highest BCUT2D eigenvalue weighted by molar-refractivity contribution is 5.80. The fourth-order valence-electron chi connectivity index (χ4n) is 2.79. The molecule has 0 bridgehead atoms. The Morgan fingerprint density at radius 2 is 1.93 bits per heavy atom. The Bertz CT molecular complexity index is 765. The first-order chi connectivity index (χ1) is 13.2. The van der Waals surface area contributed by atoms with Crippen LogP contribution in [0.3, 0.4) is 0 Å². The number of carbonyl (C=O) groups is 1. The second-order valence-electron chi connectivity index (χ2n) is 6.52. The Balaban J connectivity index is 0.00000190. The summed E-state index contributed by atoms with van der Waals surface area (Å²) < 4.78 is 0. The normalized spacial score (nSPS) is 13.2. The number of aromatic nitrogens is 2. The van der Waals surface area contributed by atoms with E-state index < -0.39 is 0 Å². The number of rotatable bonds is 7. The number of benzene rings is 1. The monoisotopic (exact) mass is 369 g/mol. The number of hydrogen-bond acceptors (Lipinski definition) is 3. The zero-order chi connectivity index (χ0) is 19.6. The minimum atomic E-state index is 0. The van der Waals surface area contributed by atoms with Gasteiger partial charge in [-0.2, -0.15) is 0 Å². The van der Waals surface area contributed by atoms with Crippen LogP contribution in [0.5, 0.6) is 0 Å². The number of anilines is 2. The molecule has 0 saturated carbocycles. The molecule has 2 N–H and O–H groups in total. The van der Waals surface area contributed by atoms with Gasteiger partial charge in [-0.25, -0.2) is 4.98 Å². The molecule has 1 heterocycles. The molecule has 27 heavy (non-hydrogen) atoms. The van der Waals surface area contributed by atoms with Crippen LogP contribution < -0.4 is 5.32 Å². The lowest BCUT2D eigenvalue weighted by atomic mass is 9.97. The van der Waals surface area contributed by atoms with Gasteiger partial charge >= 0.3 is 0 Å². The van der Waals surface area contributed by atoms with Gasteiger partial charge in [0.05, 0.1) is 11.4 Å². The van der Waals surface area contributed by atoms with E-state index >= 15 is 0 Å². The number of nitrogens with zero attached hydrogens (tertiary/aromatic N) is 1. The van der Waals surface area contributed by atoms with Crippen LogP contribution in [0.15, 0.2) is 36.4 Å². The van der Waals surface area contributed by atoms with Crippen molar-refractivity contribution >= 4 is 29.6 Å². The van der Waals surface area contributed by atoms with Crippen LogP contribution in [-0.4, -0.2) is 15.8 Å². The molecule has 148 valence electrons. The zero-order valence-corrected chi connectivity index (χ0v) is 16.9. The summed E-state index contributed by atoms with van der Waals surface area (Å²) in [4.78, 5) is 19.8. The van der Waals surface area contributed by atoms with Crippen molar-refractivity contribution in [3.8, 4) is 0 Å². The maximum atomic E-state index is 11.9. The lowest BCUT2D eigenvalue weighted by Crippen LogP contribution is -2.10. The maximum Gasteiger partial charge on any atom is 0.205 e. The lowest BCUT2D eigenvalue weighted by Gasteiger charge is -2.08. The fraction of sp³-hybridized carbons (Fsp3) is 0.391. The highest BCUT2D eigenvalue weighted by atomic mass is 16.1. The number of fused-ring (bicyclic) bond motifs is 1. The molecule has 0 fully saturated rings. The summed E-state index contributed by atoms with van der Waals surface area (Å²) in [5.41, 5.74) is 4.14. The number of nitrogens with one attached hydrogen (secondary N) is 2. The van der Waals surface area contributed by atoms with E-state index in [0.29, 0.717) is 12.2 Å². The Kier molecular flexibility index (Phi) is 8.05. The molecule has 1 atom stereocenters. The summed E-state index contributed by atoms with van der Waals surface area (Å²) in [5, 5.41) is 3.30. The van der Waals surface area contributed by atoms with E-state index in [4.69, 9.17) is 0 Å². The molecule has 0 saturated heterocycles. The third kappa shape index (κ3) is 5.95. The summed E-state index contributed by atoms with van der Waals surface area (Å²) >= 11 is 0. The predicted octanol–water partition coefficient (Wildman–Crippen LogP) is 6.65. The summed E-state index contributed by atoms with van der Waals surface area (Å²) in [7, 11) is 0. The van der Waals surface area contributed by atoms with Crippen molar-refractivity contribution < 1.29 is 7.65 Å². The molecular formula is C23H35N3O. The number of aryl methyl sites for hydroxylation is 1. The average Bonchev–Trinajstić information content (AvgIpc) is 2.96. The average molecular weight is 370 g/mol. The molecule has 1 unspecified atom stereocenters. The van der Waals surface area contributed by atoms with Crippen molar-refractivity contribution in [3.63, 3.8) is 0 Å². The quantitative estimate of drug-likeness (QED) is 0.574. The van der Waals surface area contributed by atoms with E-state index in [9.17, 15) is 4.79 Å². The van der Waals surface area contributed by atoms with E-state index in [0.717, 1.165) is 42.3 Å². The second kappa shape index (κ2) is 10.5. The van der Waals surface area contributed by atoms with Gasteiger partial charge in [-0.05, 0) is 49.1 Å². The topological polar surface area (TPSA) is 57.8 Å². The van der Waals surface area contributed by atoms with Gasteiger partial charge in [0.25, 0.3) is 0 Å². The predicted molar refractivity (Wildman–Crippen MR) is 119 cm³/mol. The van der Waals surface area contributed by atoms with Gasteiger partial charge in [-0.1, -0.05) is 52.0 Å². The number of carbonyl (C=O) groups excluding carboxylic acids is 1. The first-order valence-electron chi connectivity index (χ1n) is 9.97. The summed E-state index contributed by atoms with van der Waals surface area (Å²) in [5.74, 6) is 1.25. The highest BCUT2D eigenvalue weighted by Gasteiger charge is 2.10. The van der Waals surface area contributed by atoms with Gasteiger partial charge in [0, 0.05) is 20.9 Å². The molecule has 3 rings (SSSR count). The molecule has 4 heteroatoms. The summed E-state index contributed by atoms with van der Waals surface area (Å²) in [6.07, 6.45) is 11.6. The van der Waals surface area contributed by atoms with Gasteiger partial charge in [-0.15, -0.1) is 0 Å². The molecule has 0 radical (unpaired) electrons. The molecule has 4 nitrogen and oxygen atoms in total. The first-order valence-corrected chi connectivity index (χ1v) is 9.97. The molecule has 0 aliphatic heterocycles. The van der Waals surface area contributed by atoms with Gasteiger partial charge in [-0.3, -0.25) is 4.79 Å². The fourth-order valence-corrected chi connectivity index (χ4v) is 2.79. The molecule has 2 aromatic rings. The van der Waals surface area contributed by atoms with Crippen LogP contribution in [0.25, 0.3) is 12.2 Å². The van der Waals surface area contributed by atoms with Crippen LogP contribution in [0.2, 0.25) is 0 Å². The number of hydrogen-bond donors (Lipinski definition) is 2. The van der Waals surface area contributed by atoms with E-state index in [1.807, 2.05) is 39.0 Å². The van der Waals surface area contributed by atoms with Crippen molar-refractivity contribution in [1.82, 2.24) is 9.97 Å². The zero-order valence-electron chi connectivity index (χ0n) is 16.9. The van der Waals surface area contributed by atoms with Crippen molar-refractivity contribution in [2.45, 2.75) is 53.4 Å². The Labute approximate surface area is 165 Å². The van der Waals surface area contributed by atoms with Crippen LogP contribution in [0, 0.1) is 5.92 Å². The van der Waals surface area contributed by atoms with Gasteiger partial charge in [0.1, 0.15) is 5.78 Å². The van der Waals surface area contributed by atoms with Crippen LogP contribution in [0.1, 0.15) is 66.8 Å². The Morgan fingerprint density at radius 1 is 1.22 bits per heavy atom. The SMILES string of the molecule is CC.CCC(C)C(=O)CCc1ccc(Nc2nc3c([nH]2)C=CCC=C3)cc1.[HH].[HH]. The Morgan fingerprint density at radius 3 is 2.63 bits per heavy atom. The number of H-pyrrole nitrogens is 1. The van der Waals surface area contributed by atoms with E-state index in [-0.39, 0.29) is 8.77 Å². The summed E-state index contributed by atoms with van der Waals surface area (Å²) in [6, 6.07) is 8.20. The lowest BCUT2D eigenvalue weighted by molar-refractivity contribution is -0.122. The smallest absolute Gasteiger partial charge is 0.205 e. The number of allylic oxidation sites excluding steroid dienone is 2. The van der Waals surface area contributed by atoms with Crippen molar-refractivity contribution in [2.75, 3.05) is 5.32 Å². The minimum absolute atomic E-state index is 0. The van der Waals surface area contributed by atoms with Gasteiger partial charge in [0.2, 0.25) is 5.95 Å². The molecule has 1 aromatic carbocycles. The summed E-state index contributed by atoms with van der Waals surface area (Å²) in [6.45, 7) is 8.06. The molecule has 1 aliphatic carbocycles. The maximum absolute atomic E-state index is 11.9. The number of aromatic amines is 1. The molecule has 1 aromatic heterocycles. The third-order valence-electron chi connectivity index (χ3n) is 4.63. The largest absolute Gasteiger partial charge is 0.326 e. The third-order valence-corrected chi connectivity index (χ3v) is 4.63. The van der Waals surface area contributed by atoms with Gasteiger partial charge in [0.15, 0.2) is 0 Å². The highest BCUT2D eigenvalue weighted by Crippen LogP contribution is 2.21. The minimum Gasteiger partial charge on any atom is -0.326 e. The standard InChI is InChI=1S/C21H25N3O.C2H6.2H2/c1-3-15(2)20(25)14-11-16-9-12-17(13-10-16)22-21-23-18-7-5-4-6-8-19(18)24-21;1-2;;/h5-10,12-13,15H,3-4,11,14H2,1-2H3,(H2,22,23,24);1-2H3;2*1H. The van der Waals surface area contributed by atoms with E-state index in [1.54, 1.807) is 0 Å². The van der Waals surface area contributed by atoms with Crippen molar-refractivity contribution in [2.24, 2.45) is 5.92 Å². The van der Waals surface area contributed by atoms with Crippen LogP contribution in [-0.2, 0) is 11.2 Å². The number of Topliss-reactive ketones (excluding diaryl/α,β-unsaturated/α-hetero) is 1. The first kappa shape index (κ1) is 20.7. The van der Waals surface area contributed by atoms with Crippen molar-refractivity contribution in [3.05, 3.63) is 53.4 Å². The van der Waals surface area contributed by atoms with Gasteiger partial charge < -0.3 is 10.3 Å². The van der Waals surface area contributed by atoms with Crippen LogP contribution >= 0.6 is 0 Å². The van der Waals surface area contributed by atoms with Crippen LogP contribution in [0.4, 0.5) is 11.6 Å². The molecular weight excluding hydrogens is 334 g/mol. The number of ketones is 1. The Hall–Kier alpha value is -2.62. The van der Waals surface area contributed by atoms with Crippen molar-refractivity contribution in [1.29, 1.82) is 0 Å². The van der Waals surface area contributed by atoms with E-state index in [2.05, 4.69) is 52.6 Å². The second-order valence-corrected chi connectivity index (χ2v) is 6.52. The molecule has 0 amide bonds. The molecule has 1 aliphatic rings. The molecule has 0 spiro atoms. The number of imidazole rings is 1.